The monoisotopic (exact) mass is 311 g/mol. The highest BCUT2D eigenvalue weighted by Gasteiger charge is 2.30. The lowest BCUT2D eigenvalue weighted by Crippen LogP contribution is -2.47. The molecule has 0 aromatic heterocycles. The molecule has 2 rings (SSSR count). The lowest BCUT2D eigenvalue weighted by atomic mass is 9.93. The zero-order valence-electron chi connectivity index (χ0n) is 13.0. The van der Waals surface area contributed by atoms with Gasteiger partial charge in [0.15, 0.2) is 0 Å². The van der Waals surface area contributed by atoms with Crippen LogP contribution in [0.2, 0.25) is 0 Å². The Balaban J connectivity index is 2.12. The second-order valence-electron chi connectivity index (χ2n) is 6.05. The molecule has 1 aliphatic carbocycles. The molecule has 0 amide bonds. The lowest BCUT2D eigenvalue weighted by molar-refractivity contribution is -0.0262. The van der Waals surface area contributed by atoms with Crippen LogP contribution < -0.4 is 4.72 Å². The van der Waals surface area contributed by atoms with Gasteiger partial charge < -0.3 is 4.74 Å². The van der Waals surface area contributed by atoms with Crippen molar-refractivity contribution >= 4 is 10.0 Å². The number of benzene rings is 1. The van der Waals surface area contributed by atoms with Gasteiger partial charge in [0.05, 0.1) is 17.1 Å². The highest BCUT2D eigenvalue weighted by Crippen LogP contribution is 2.24. The van der Waals surface area contributed by atoms with Gasteiger partial charge in [0.25, 0.3) is 0 Å². The minimum absolute atomic E-state index is 0.0287. The minimum Gasteiger partial charge on any atom is -0.374 e. The van der Waals surface area contributed by atoms with Crippen molar-refractivity contribution in [3.05, 3.63) is 29.8 Å². The number of aryl methyl sites for hydroxylation is 1. The molecule has 0 saturated heterocycles. The molecule has 0 spiro atoms. The predicted octanol–water partition coefficient (Wildman–Crippen LogP) is 3.01. The maximum atomic E-state index is 12.5. The van der Waals surface area contributed by atoms with Crippen LogP contribution in [0.1, 0.15) is 45.1 Å². The molecule has 21 heavy (non-hydrogen) atoms. The largest absolute Gasteiger partial charge is 0.374 e. The third kappa shape index (κ3) is 4.53. The van der Waals surface area contributed by atoms with Crippen LogP contribution in [0.4, 0.5) is 0 Å². The third-order valence-electron chi connectivity index (χ3n) is 3.79. The fourth-order valence-electron chi connectivity index (χ4n) is 2.73. The van der Waals surface area contributed by atoms with E-state index in [1.165, 1.54) is 0 Å². The Hall–Kier alpha value is -0.910. The zero-order chi connectivity index (χ0) is 15.5. The summed E-state index contributed by atoms with van der Waals surface area (Å²) >= 11 is 0. The van der Waals surface area contributed by atoms with E-state index in [1.54, 1.807) is 12.1 Å². The minimum atomic E-state index is -3.48. The molecule has 4 nitrogen and oxygen atoms in total. The molecule has 118 valence electrons. The molecule has 1 fully saturated rings. The molecule has 0 aliphatic heterocycles. The van der Waals surface area contributed by atoms with Crippen LogP contribution in [0.25, 0.3) is 0 Å². The van der Waals surface area contributed by atoms with Crippen molar-refractivity contribution in [2.24, 2.45) is 0 Å². The Morgan fingerprint density at radius 3 is 2.38 bits per heavy atom. The van der Waals surface area contributed by atoms with Crippen molar-refractivity contribution in [3.8, 4) is 0 Å². The summed E-state index contributed by atoms with van der Waals surface area (Å²) in [6.45, 7) is 5.91. The van der Waals surface area contributed by atoms with Gasteiger partial charge in [-0.05, 0) is 45.7 Å². The quantitative estimate of drug-likeness (QED) is 0.909. The van der Waals surface area contributed by atoms with Crippen molar-refractivity contribution in [1.82, 2.24) is 4.72 Å². The van der Waals surface area contributed by atoms with E-state index < -0.39 is 10.0 Å². The van der Waals surface area contributed by atoms with Crippen molar-refractivity contribution in [2.45, 2.75) is 69.6 Å². The van der Waals surface area contributed by atoms with Crippen LogP contribution in [0.3, 0.4) is 0 Å². The van der Waals surface area contributed by atoms with E-state index in [2.05, 4.69) is 4.72 Å². The van der Waals surface area contributed by atoms with Gasteiger partial charge in [-0.25, -0.2) is 13.1 Å². The zero-order valence-corrected chi connectivity index (χ0v) is 13.8. The molecule has 5 heteroatoms. The summed E-state index contributed by atoms with van der Waals surface area (Å²) in [5, 5.41) is 0. The van der Waals surface area contributed by atoms with Gasteiger partial charge in [-0.2, -0.15) is 0 Å². The summed E-state index contributed by atoms with van der Waals surface area (Å²) < 4.78 is 33.7. The van der Waals surface area contributed by atoms with Crippen molar-refractivity contribution in [1.29, 1.82) is 0 Å². The Morgan fingerprint density at radius 1 is 1.14 bits per heavy atom. The average Bonchev–Trinajstić information content (AvgIpc) is 2.40. The van der Waals surface area contributed by atoms with E-state index in [0.717, 1.165) is 31.2 Å². The molecular formula is C16H25NO3S. The number of sulfonamides is 1. The molecule has 0 bridgehead atoms. The first-order chi connectivity index (χ1) is 9.88. The Morgan fingerprint density at radius 2 is 1.76 bits per heavy atom. The first-order valence-corrected chi connectivity index (χ1v) is 9.11. The number of rotatable bonds is 5. The SMILES string of the molecule is Cc1ccc(S(=O)(=O)N[C@H]2CCCC[C@@H]2OC(C)C)cc1. The van der Waals surface area contributed by atoms with Gasteiger partial charge in [0.1, 0.15) is 0 Å². The van der Waals surface area contributed by atoms with Crippen LogP contribution in [0, 0.1) is 6.92 Å². The van der Waals surface area contributed by atoms with E-state index in [1.807, 2.05) is 32.9 Å². The van der Waals surface area contributed by atoms with Crippen LogP contribution in [-0.4, -0.2) is 26.7 Å². The van der Waals surface area contributed by atoms with Crippen LogP contribution >= 0.6 is 0 Å². The molecule has 0 heterocycles. The summed E-state index contributed by atoms with van der Waals surface area (Å²) in [6, 6.07) is 6.81. The van der Waals surface area contributed by atoms with Gasteiger partial charge in [0, 0.05) is 6.04 Å². The maximum Gasteiger partial charge on any atom is 0.240 e. The fourth-order valence-corrected chi connectivity index (χ4v) is 4.03. The second-order valence-corrected chi connectivity index (χ2v) is 7.76. The molecule has 2 atom stereocenters. The standard InChI is InChI=1S/C16H25NO3S/c1-12(2)20-16-7-5-4-6-15(16)17-21(18,19)14-10-8-13(3)9-11-14/h8-12,15-17H,4-7H2,1-3H3/t15-,16-/m0/s1. The smallest absolute Gasteiger partial charge is 0.240 e. The van der Waals surface area contributed by atoms with E-state index in [4.69, 9.17) is 4.74 Å². The average molecular weight is 311 g/mol. The van der Waals surface area contributed by atoms with E-state index in [0.29, 0.717) is 4.90 Å². The van der Waals surface area contributed by atoms with Gasteiger partial charge in [-0.1, -0.05) is 30.5 Å². The first kappa shape index (κ1) is 16.5. The summed E-state index contributed by atoms with van der Waals surface area (Å²) in [6.07, 6.45) is 3.97. The van der Waals surface area contributed by atoms with E-state index in [-0.39, 0.29) is 18.2 Å². The van der Waals surface area contributed by atoms with Crippen molar-refractivity contribution < 1.29 is 13.2 Å². The molecule has 1 aromatic rings. The number of nitrogens with one attached hydrogen (secondary N) is 1. The fraction of sp³-hybridized carbons (Fsp3) is 0.625. The Labute approximate surface area is 127 Å². The number of ether oxygens (including phenoxy) is 1. The molecular weight excluding hydrogens is 286 g/mol. The molecule has 0 unspecified atom stereocenters. The summed E-state index contributed by atoms with van der Waals surface area (Å²) in [7, 11) is -3.48. The third-order valence-corrected chi connectivity index (χ3v) is 5.29. The Bertz CT molecular complexity index is 551. The summed E-state index contributed by atoms with van der Waals surface area (Å²) in [5.41, 5.74) is 1.05. The maximum absolute atomic E-state index is 12.5. The molecule has 1 aromatic carbocycles. The molecule has 0 radical (unpaired) electrons. The molecule has 1 N–H and O–H groups in total. The predicted molar refractivity (Wildman–Crippen MR) is 83.8 cm³/mol. The van der Waals surface area contributed by atoms with Crippen molar-refractivity contribution in [3.63, 3.8) is 0 Å². The topological polar surface area (TPSA) is 55.4 Å². The van der Waals surface area contributed by atoms with Gasteiger partial charge in [-0.15, -0.1) is 0 Å². The van der Waals surface area contributed by atoms with E-state index in [9.17, 15) is 8.42 Å². The number of hydrogen-bond donors (Lipinski definition) is 1. The highest BCUT2D eigenvalue weighted by molar-refractivity contribution is 7.89. The van der Waals surface area contributed by atoms with Crippen LogP contribution in [0.15, 0.2) is 29.2 Å². The van der Waals surface area contributed by atoms with E-state index >= 15 is 0 Å². The van der Waals surface area contributed by atoms with Crippen molar-refractivity contribution in [2.75, 3.05) is 0 Å². The van der Waals surface area contributed by atoms with Gasteiger partial charge in [0.2, 0.25) is 10.0 Å². The van der Waals surface area contributed by atoms with Crippen LogP contribution in [0.5, 0.6) is 0 Å². The molecule has 1 saturated carbocycles. The van der Waals surface area contributed by atoms with Crippen LogP contribution in [-0.2, 0) is 14.8 Å². The Kier molecular flexibility index (Phi) is 5.41. The normalized spacial score (nSPS) is 23.4. The highest BCUT2D eigenvalue weighted by atomic mass is 32.2. The second kappa shape index (κ2) is 6.90. The molecule has 1 aliphatic rings. The number of hydrogen-bond acceptors (Lipinski definition) is 3. The lowest BCUT2D eigenvalue weighted by Gasteiger charge is -2.33. The van der Waals surface area contributed by atoms with Gasteiger partial charge >= 0.3 is 0 Å². The summed E-state index contributed by atoms with van der Waals surface area (Å²) in [5.74, 6) is 0. The van der Waals surface area contributed by atoms with Gasteiger partial charge in [-0.3, -0.25) is 0 Å². The summed E-state index contributed by atoms with van der Waals surface area (Å²) in [4.78, 5) is 0.321. The first-order valence-electron chi connectivity index (χ1n) is 7.63.